The summed E-state index contributed by atoms with van der Waals surface area (Å²) >= 11 is 1.45. The fourth-order valence-corrected chi connectivity index (χ4v) is 2.96. The van der Waals surface area contributed by atoms with Crippen LogP contribution in [0.1, 0.15) is 38.5 Å². The van der Waals surface area contributed by atoms with Crippen LogP contribution in [0.4, 0.5) is 5.69 Å². The Morgan fingerprint density at radius 1 is 1.32 bits per heavy atom. The largest absolute Gasteiger partial charge is 0.397 e. The van der Waals surface area contributed by atoms with Gasteiger partial charge in [-0.15, -0.1) is 0 Å². The molecule has 0 aromatic carbocycles. The van der Waals surface area contributed by atoms with Gasteiger partial charge in [0, 0.05) is 6.04 Å². The van der Waals surface area contributed by atoms with Crippen molar-refractivity contribution in [2.75, 3.05) is 11.5 Å². The van der Waals surface area contributed by atoms with Crippen LogP contribution in [0.15, 0.2) is 23.4 Å². The molecule has 104 valence electrons. The topological polar surface area (TPSA) is 68.0 Å². The average molecular weight is 279 g/mol. The fraction of sp³-hybridized carbons (Fsp3) is 0.571. The van der Waals surface area contributed by atoms with Gasteiger partial charge in [-0.1, -0.05) is 37.4 Å². The van der Waals surface area contributed by atoms with E-state index in [0.29, 0.717) is 17.5 Å². The molecule has 0 radical (unpaired) electrons. The lowest BCUT2D eigenvalue weighted by atomic mass is 10.1. The second kappa shape index (κ2) is 7.38. The molecule has 2 rings (SSSR count). The normalized spacial score (nSPS) is 16.8. The molecule has 0 atom stereocenters. The van der Waals surface area contributed by atoms with E-state index >= 15 is 0 Å². The zero-order chi connectivity index (χ0) is 13.5. The number of anilines is 1. The number of nitrogen functional groups attached to an aromatic ring is 1. The van der Waals surface area contributed by atoms with Gasteiger partial charge in [-0.3, -0.25) is 4.79 Å². The number of aromatic nitrogens is 1. The number of thioether (sulfide) groups is 1. The first-order chi connectivity index (χ1) is 9.24. The molecule has 4 nitrogen and oxygen atoms in total. The third kappa shape index (κ3) is 5.11. The van der Waals surface area contributed by atoms with Crippen molar-refractivity contribution in [2.45, 2.75) is 49.6 Å². The smallest absolute Gasteiger partial charge is 0.230 e. The molecule has 1 heterocycles. The third-order valence-electron chi connectivity index (χ3n) is 3.33. The Kier molecular flexibility index (Phi) is 5.51. The lowest BCUT2D eigenvalue weighted by Gasteiger charge is -2.15. The number of hydrogen-bond donors (Lipinski definition) is 2. The van der Waals surface area contributed by atoms with Gasteiger partial charge in [-0.25, -0.2) is 4.98 Å². The summed E-state index contributed by atoms with van der Waals surface area (Å²) in [6.07, 6.45) is 8.93. The molecule has 0 saturated heterocycles. The van der Waals surface area contributed by atoms with E-state index in [2.05, 4.69) is 10.3 Å². The maximum atomic E-state index is 11.9. The summed E-state index contributed by atoms with van der Waals surface area (Å²) in [5.41, 5.74) is 6.22. The minimum Gasteiger partial charge on any atom is -0.397 e. The third-order valence-corrected chi connectivity index (χ3v) is 4.27. The summed E-state index contributed by atoms with van der Waals surface area (Å²) in [5, 5.41) is 3.97. The van der Waals surface area contributed by atoms with Crippen molar-refractivity contribution >= 4 is 23.4 Å². The number of rotatable bonds is 4. The Labute approximate surface area is 118 Å². The minimum atomic E-state index is 0.107. The first-order valence-electron chi connectivity index (χ1n) is 6.88. The van der Waals surface area contributed by atoms with Crippen molar-refractivity contribution in [1.29, 1.82) is 0 Å². The van der Waals surface area contributed by atoms with Crippen molar-refractivity contribution in [3.63, 3.8) is 0 Å². The highest BCUT2D eigenvalue weighted by atomic mass is 32.2. The maximum absolute atomic E-state index is 11.9. The van der Waals surface area contributed by atoms with Gasteiger partial charge in [0.2, 0.25) is 5.91 Å². The first kappa shape index (κ1) is 14.2. The molecule has 1 fully saturated rings. The number of carbonyl (C=O) groups excluding carboxylic acids is 1. The highest BCUT2D eigenvalue weighted by Crippen LogP contribution is 2.18. The number of pyridine rings is 1. The number of amides is 1. The van der Waals surface area contributed by atoms with Crippen LogP contribution < -0.4 is 11.1 Å². The van der Waals surface area contributed by atoms with Crippen LogP contribution in [-0.4, -0.2) is 22.7 Å². The van der Waals surface area contributed by atoms with Crippen molar-refractivity contribution in [1.82, 2.24) is 10.3 Å². The first-order valence-corrected chi connectivity index (χ1v) is 7.86. The van der Waals surface area contributed by atoms with E-state index in [1.165, 1.54) is 37.4 Å². The van der Waals surface area contributed by atoms with Crippen molar-refractivity contribution in [2.24, 2.45) is 0 Å². The second-order valence-electron chi connectivity index (χ2n) is 4.97. The molecular weight excluding hydrogens is 258 g/mol. The molecule has 3 N–H and O–H groups in total. The Balaban J connectivity index is 1.73. The van der Waals surface area contributed by atoms with E-state index in [-0.39, 0.29) is 5.91 Å². The molecule has 0 spiro atoms. The second-order valence-corrected chi connectivity index (χ2v) is 5.97. The minimum absolute atomic E-state index is 0.107. The van der Waals surface area contributed by atoms with E-state index in [9.17, 15) is 4.79 Å². The SMILES string of the molecule is Nc1ccc(SCC(=O)NC2CCCCCC2)nc1. The Bertz CT molecular complexity index is 400. The van der Waals surface area contributed by atoms with Crippen LogP contribution in [0.25, 0.3) is 0 Å². The van der Waals surface area contributed by atoms with Crippen molar-refractivity contribution < 1.29 is 4.79 Å². The molecule has 1 aromatic rings. The fourth-order valence-electron chi connectivity index (χ4n) is 2.31. The van der Waals surface area contributed by atoms with Crippen LogP contribution >= 0.6 is 11.8 Å². The van der Waals surface area contributed by atoms with E-state index in [0.717, 1.165) is 17.9 Å². The number of carbonyl (C=O) groups is 1. The van der Waals surface area contributed by atoms with Gasteiger partial charge in [0.1, 0.15) is 0 Å². The van der Waals surface area contributed by atoms with Gasteiger partial charge >= 0.3 is 0 Å². The zero-order valence-electron chi connectivity index (χ0n) is 11.1. The van der Waals surface area contributed by atoms with Crippen molar-refractivity contribution in [3.05, 3.63) is 18.3 Å². The maximum Gasteiger partial charge on any atom is 0.230 e. The van der Waals surface area contributed by atoms with Crippen LogP contribution in [0, 0.1) is 0 Å². The van der Waals surface area contributed by atoms with Crippen LogP contribution in [0.5, 0.6) is 0 Å². The number of nitrogens with two attached hydrogens (primary N) is 1. The summed E-state index contributed by atoms with van der Waals surface area (Å²) in [5.74, 6) is 0.531. The standard InChI is InChI=1S/C14H21N3OS/c15-11-7-8-14(16-9-11)19-10-13(18)17-12-5-3-1-2-4-6-12/h7-9,12H,1-6,10,15H2,(H,17,18). The lowest BCUT2D eigenvalue weighted by molar-refractivity contribution is -0.119. The monoisotopic (exact) mass is 279 g/mol. The number of nitrogens with zero attached hydrogens (tertiary/aromatic N) is 1. The van der Waals surface area contributed by atoms with Crippen LogP contribution in [0.3, 0.4) is 0 Å². The lowest BCUT2D eigenvalue weighted by Crippen LogP contribution is -2.35. The quantitative estimate of drug-likeness (QED) is 0.656. The number of nitrogens with one attached hydrogen (secondary N) is 1. The van der Waals surface area contributed by atoms with E-state index in [1.54, 1.807) is 12.3 Å². The van der Waals surface area contributed by atoms with Gasteiger partial charge in [0.15, 0.2) is 0 Å². The summed E-state index contributed by atoms with van der Waals surface area (Å²) < 4.78 is 0. The Morgan fingerprint density at radius 3 is 2.68 bits per heavy atom. The van der Waals surface area contributed by atoms with Gasteiger partial charge in [0.25, 0.3) is 0 Å². The molecule has 0 unspecified atom stereocenters. The van der Waals surface area contributed by atoms with Crippen LogP contribution in [-0.2, 0) is 4.79 Å². The highest BCUT2D eigenvalue weighted by Gasteiger charge is 2.14. The van der Waals surface area contributed by atoms with Gasteiger partial charge < -0.3 is 11.1 Å². The summed E-state index contributed by atoms with van der Waals surface area (Å²) in [4.78, 5) is 16.0. The molecule has 19 heavy (non-hydrogen) atoms. The van der Waals surface area contributed by atoms with Crippen LogP contribution in [0.2, 0.25) is 0 Å². The molecular formula is C14H21N3OS. The molecule has 0 aliphatic heterocycles. The molecule has 1 aliphatic rings. The predicted octanol–water partition coefficient (Wildman–Crippen LogP) is 2.59. The Hall–Kier alpha value is -1.23. The molecule has 1 aliphatic carbocycles. The van der Waals surface area contributed by atoms with Gasteiger partial charge in [-0.05, 0) is 25.0 Å². The van der Waals surface area contributed by atoms with E-state index < -0.39 is 0 Å². The van der Waals surface area contributed by atoms with Gasteiger partial charge in [-0.2, -0.15) is 0 Å². The van der Waals surface area contributed by atoms with E-state index in [1.807, 2.05) is 6.07 Å². The molecule has 0 bridgehead atoms. The predicted molar refractivity (Wildman–Crippen MR) is 79.0 cm³/mol. The summed E-state index contributed by atoms with van der Waals surface area (Å²) in [6, 6.07) is 4.02. The number of hydrogen-bond acceptors (Lipinski definition) is 4. The summed E-state index contributed by atoms with van der Waals surface area (Å²) in [6.45, 7) is 0. The molecule has 1 amide bonds. The summed E-state index contributed by atoms with van der Waals surface area (Å²) in [7, 11) is 0. The van der Waals surface area contributed by atoms with Crippen molar-refractivity contribution in [3.8, 4) is 0 Å². The average Bonchev–Trinajstić information content (AvgIpc) is 2.67. The molecule has 5 heteroatoms. The Morgan fingerprint density at radius 2 is 2.05 bits per heavy atom. The van der Waals surface area contributed by atoms with E-state index in [4.69, 9.17) is 5.73 Å². The highest BCUT2D eigenvalue weighted by molar-refractivity contribution is 7.99. The zero-order valence-corrected chi connectivity index (χ0v) is 11.9. The van der Waals surface area contributed by atoms with Gasteiger partial charge in [0.05, 0.1) is 22.7 Å². The molecule has 1 aromatic heterocycles. The molecule has 1 saturated carbocycles.